The summed E-state index contributed by atoms with van der Waals surface area (Å²) in [5.41, 5.74) is 5.61. The summed E-state index contributed by atoms with van der Waals surface area (Å²) in [5.74, 6) is 0.640. The molecule has 0 aromatic rings. The Hall–Kier alpha value is -0.0900. The van der Waals surface area contributed by atoms with Gasteiger partial charge in [0.05, 0.1) is 11.5 Å². The molecule has 66 valence electrons. The molecule has 1 saturated heterocycles. The van der Waals surface area contributed by atoms with Gasteiger partial charge in [0.1, 0.15) is 9.84 Å². The number of sulfone groups is 1. The third-order valence-electron chi connectivity index (χ3n) is 2.53. The highest BCUT2D eigenvalue weighted by Gasteiger charge is 2.31. The van der Waals surface area contributed by atoms with Crippen LogP contribution in [0.25, 0.3) is 0 Å². The summed E-state index contributed by atoms with van der Waals surface area (Å²) >= 11 is 0. The van der Waals surface area contributed by atoms with Gasteiger partial charge in [-0.1, -0.05) is 6.92 Å². The number of rotatable bonds is 1. The Labute approximate surface area is 67.9 Å². The maximum atomic E-state index is 11.0. The average molecular weight is 177 g/mol. The number of hydrogen-bond donors (Lipinski definition) is 1. The molecule has 2 N–H and O–H groups in total. The normalized spacial score (nSPS) is 28.2. The van der Waals surface area contributed by atoms with E-state index in [1.165, 1.54) is 0 Å². The molecule has 0 saturated carbocycles. The largest absolute Gasteiger partial charge is 0.330 e. The van der Waals surface area contributed by atoms with Gasteiger partial charge in [-0.2, -0.15) is 0 Å². The third kappa shape index (κ3) is 2.17. The van der Waals surface area contributed by atoms with E-state index < -0.39 is 9.84 Å². The molecule has 11 heavy (non-hydrogen) atoms. The lowest BCUT2D eigenvalue weighted by Crippen LogP contribution is -2.36. The minimum atomic E-state index is -2.72. The lowest BCUT2D eigenvalue weighted by atomic mass is 9.85. The molecule has 0 bridgehead atoms. The number of hydrogen-bond acceptors (Lipinski definition) is 3. The summed E-state index contributed by atoms with van der Waals surface area (Å²) in [5, 5.41) is 0. The fourth-order valence-electron chi connectivity index (χ4n) is 1.23. The molecule has 1 aliphatic heterocycles. The highest BCUT2D eigenvalue weighted by molar-refractivity contribution is 7.91. The van der Waals surface area contributed by atoms with Crippen molar-refractivity contribution in [2.45, 2.75) is 19.8 Å². The van der Waals surface area contributed by atoms with Crippen molar-refractivity contribution >= 4 is 9.84 Å². The molecule has 1 aliphatic rings. The van der Waals surface area contributed by atoms with Gasteiger partial charge in [0.25, 0.3) is 0 Å². The van der Waals surface area contributed by atoms with Crippen LogP contribution in [-0.4, -0.2) is 26.5 Å². The van der Waals surface area contributed by atoms with E-state index in [2.05, 4.69) is 6.92 Å². The van der Waals surface area contributed by atoms with E-state index in [0.29, 0.717) is 18.1 Å². The molecule has 4 heteroatoms. The Kier molecular flexibility index (Phi) is 2.25. The van der Waals surface area contributed by atoms with Gasteiger partial charge in [-0.25, -0.2) is 8.42 Å². The fourth-order valence-corrected chi connectivity index (χ4v) is 3.05. The van der Waals surface area contributed by atoms with Crippen LogP contribution in [0.2, 0.25) is 0 Å². The Morgan fingerprint density at radius 1 is 1.36 bits per heavy atom. The average Bonchev–Trinajstić information content (AvgIpc) is 1.97. The molecule has 3 nitrogen and oxygen atoms in total. The van der Waals surface area contributed by atoms with Gasteiger partial charge in [-0.3, -0.25) is 0 Å². The predicted octanol–water partition coefficient (Wildman–Crippen LogP) is 0.160. The van der Waals surface area contributed by atoms with Crippen molar-refractivity contribution in [1.82, 2.24) is 0 Å². The standard InChI is InChI=1S/C7H15NO2S/c1-7(6-8)2-4-11(9,10)5-3-7/h2-6,8H2,1H3. The topological polar surface area (TPSA) is 60.2 Å². The molecule has 1 heterocycles. The second-order valence-corrected chi connectivity index (χ2v) is 5.97. The van der Waals surface area contributed by atoms with E-state index in [1.54, 1.807) is 0 Å². The maximum Gasteiger partial charge on any atom is 0.150 e. The van der Waals surface area contributed by atoms with E-state index in [0.717, 1.165) is 12.8 Å². The monoisotopic (exact) mass is 177 g/mol. The van der Waals surface area contributed by atoms with Gasteiger partial charge in [0, 0.05) is 0 Å². The van der Waals surface area contributed by atoms with Crippen LogP contribution in [0.3, 0.4) is 0 Å². The molecule has 0 unspecified atom stereocenters. The van der Waals surface area contributed by atoms with Crippen molar-refractivity contribution in [3.8, 4) is 0 Å². The lowest BCUT2D eigenvalue weighted by Gasteiger charge is -2.31. The minimum absolute atomic E-state index is 0.0747. The molecule has 0 aromatic carbocycles. The van der Waals surface area contributed by atoms with Crippen LogP contribution in [0, 0.1) is 5.41 Å². The summed E-state index contributed by atoms with van der Waals surface area (Å²) in [6.45, 7) is 2.66. The molecule has 0 atom stereocenters. The highest BCUT2D eigenvalue weighted by Crippen LogP contribution is 2.30. The van der Waals surface area contributed by atoms with E-state index in [4.69, 9.17) is 5.73 Å². The quantitative estimate of drug-likeness (QED) is 0.620. The van der Waals surface area contributed by atoms with Crippen LogP contribution in [0.5, 0.6) is 0 Å². The van der Waals surface area contributed by atoms with Crippen molar-refractivity contribution in [3.05, 3.63) is 0 Å². The molecule has 0 spiro atoms. The van der Waals surface area contributed by atoms with Crippen LogP contribution in [0.4, 0.5) is 0 Å². The second kappa shape index (κ2) is 2.75. The molecule has 1 rings (SSSR count). The van der Waals surface area contributed by atoms with Crippen LogP contribution in [0.1, 0.15) is 19.8 Å². The Bertz CT molecular complexity index is 219. The molecular formula is C7H15NO2S. The zero-order valence-electron chi connectivity index (χ0n) is 6.84. The highest BCUT2D eigenvalue weighted by atomic mass is 32.2. The zero-order valence-corrected chi connectivity index (χ0v) is 7.65. The minimum Gasteiger partial charge on any atom is -0.330 e. The van der Waals surface area contributed by atoms with Crippen LogP contribution in [0.15, 0.2) is 0 Å². The van der Waals surface area contributed by atoms with Crippen LogP contribution < -0.4 is 5.73 Å². The first-order valence-corrected chi connectivity index (χ1v) is 5.70. The smallest absolute Gasteiger partial charge is 0.150 e. The van der Waals surface area contributed by atoms with Crippen LogP contribution in [-0.2, 0) is 9.84 Å². The van der Waals surface area contributed by atoms with Gasteiger partial charge in [-0.15, -0.1) is 0 Å². The predicted molar refractivity (Wildman–Crippen MR) is 45.0 cm³/mol. The van der Waals surface area contributed by atoms with Crippen LogP contribution >= 0.6 is 0 Å². The molecule has 0 amide bonds. The van der Waals surface area contributed by atoms with Crippen molar-refractivity contribution < 1.29 is 8.42 Å². The van der Waals surface area contributed by atoms with Gasteiger partial charge < -0.3 is 5.73 Å². The molecular weight excluding hydrogens is 162 g/mol. The first-order chi connectivity index (χ1) is 4.97. The Balaban J connectivity index is 2.62. The van der Waals surface area contributed by atoms with E-state index >= 15 is 0 Å². The van der Waals surface area contributed by atoms with Gasteiger partial charge in [0.2, 0.25) is 0 Å². The van der Waals surface area contributed by atoms with E-state index in [1.807, 2.05) is 0 Å². The summed E-state index contributed by atoms with van der Waals surface area (Å²) in [7, 11) is -2.72. The Morgan fingerprint density at radius 3 is 2.18 bits per heavy atom. The van der Waals surface area contributed by atoms with Gasteiger partial charge >= 0.3 is 0 Å². The molecule has 0 aliphatic carbocycles. The molecule has 0 aromatic heterocycles. The third-order valence-corrected chi connectivity index (χ3v) is 4.18. The zero-order chi connectivity index (χ0) is 8.54. The van der Waals surface area contributed by atoms with Crippen molar-refractivity contribution in [3.63, 3.8) is 0 Å². The summed E-state index contributed by atoms with van der Waals surface area (Å²) in [6, 6.07) is 0. The maximum absolute atomic E-state index is 11.0. The summed E-state index contributed by atoms with van der Waals surface area (Å²) < 4.78 is 22.0. The Morgan fingerprint density at radius 2 is 1.82 bits per heavy atom. The van der Waals surface area contributed by atoms with Crippen molar-refractivity contribution in [1.29, 1.82) is 0 Å². The first-order valence-electron chi connectivity index (χ1n) is 3.88. The van der Waals surface area contributed by atoms with Crippen molar-refractivity contribution in [2.24, 2.45) is 11.1 Å². The summed E-state index contributed by atoms with van der Waals surface area (Å²) in [6.07, 6.45) is 1.46. The second-order valence-electron chi connectivity index (χ2n) is 3.67. The lowest BCUT2D eigenvalue weighted by molar-refractivity contribution is 0.301. The summed E-state index contributed by atoms with van der Waals surface area (Å²) in [4.78, 5) is 0. The molecule has 0 radical (unpaired) electrons. The first kappa shape index (κ1) is 9.00. The number of nitrogens with two attached hydrogens (primary N) is 1. The van der Waals surface area contributed by atoms with E-state index in [-0.39, 0.29) is 5.41 Å². The van der Waals surface area contributed by atoms with Crippen molar-refractivity contribution in [2.75, 3.05) is 18.1 Å². The SMILES string of the molecule is CC1(CN)CCS(=O)(=O)CC1. The van der Waals surface area contributed by atoms with Gasteiger partial charge in [0.15, 0.2) is 0 Å². The van der Waals surface area contributed by atoms with Gasteiger partial charge in [-0.05, 0) is 24.8 Å². The van der Waals surface area contributed by atoms with E-state index in [9.17, 15) is 8.42 Å². The fraction of sp³-hybridized carbons (Fsp3) is 1.00. The molecule has 1 fully saturated rings.